The lowest BCUT2D eigenvalue weighted by atomic mass is 10.1. The molecule has 1 fully saturated rings. The van der Waals surface area contributed by atoms with Gasteiger partial charge in [0.25, 0.3) is 0 Å². The van der Waals surface area contributed by atoms with Gasteiger partial charge < -0.3 is 0 Å². The third-order valence-electron chi connectivity index (χ3n) is 1.86. The monoisotopic (exact) mass is 107 g/mol. The number of Topliss-reactive ketones (excluding diaryl/α,β-unsaturated/α-hetero) is 1. The summed E-state index contributed by atoms with van der Waals surface area (Å²) < 4.78 is 0. The van der Waals surface area contributed by atoms with Gasteiger partial charge in [-0.05, 0) is 12.8 Å². The number of hydrogen-bond donors (Lipinski definition) is 0. The zero-order chi connectivity index (χ0) is 5.56. The van der Waals surface area contributed by atoms with Crippen molar-refractivity contribution in [2.24, 2.45) is 0 Å². The maximum Gasteiger partial charge on any atom is 0.144 e. The molecule has 0 aromatic heterocycles. The summed E-state index contributed by atoms with van der Waals surface area (Å²) in [7, 11) is 0. The Morgan fingerprint density at radius 3 is 2.50 bits per heavy atom. The number of rotatable bonds is 0. The van der Waals surface area contributed by atoms with E-state index in [4.69, 9.17) is 0 Å². The highest BCUT2D eigenvalue weighted by atomic mass is 16.1. The third kappa shape index (κ3) is 0.391. The van der Waals surface area contributed by atoms with E-state index in [0.29, 0.717) is 5.78 Å². The average Bonchev–Trinajstić information content (AvgIpc) is 2.23. The van der Waals surface area contributed by atoms with Gasteiger partial charge in [0.05, 0.1) is 0 Å². The molecule has 1 saturated carbocycles. The highest BCUT2D eigenvalue weighted by Gasteiger charge is 2.32. The molecule has 0 aliphatic heterocycles. The van der Waals surface area contributed by atoms with Crippen molar-refractivity contribution in [3.8, 4) is 0 Å². The van der Waals surface area contributed by atoms with Crippen LogP contribution in [0.4, 0.5) is 0 Å². The summed E-state index contributed by atoms with van der Waals surface area (Å²) in [5, 5.41) is 0. The van der Waals surface area contributed by atoms with E-state index >= 15 is 0 Å². The van der Waals surface area contributed by atoms with Gasteiger partial charge in [0.2, 0.25) is 0 Å². The lowest BCUT2D eigenvalue weighted by Gasteiger charge is -1.97. The molecule has 2 bridgehead atoms. The molecule has 2 aliphatic rings. The Balaban J connectivity index is 2.37. The van der Waals surface area contributed by atoms with Crippen LogP contribution < -0.4 is 0 Å². The Hall–Kier alpha value is -0.590. The fourth-order valence-corrected chi connectivity index (χ4v) is 1.36. The predicted octanol–water partition coefficient (Wildman–Crippen LogP) is 1.25. The van der Waals surface area contributed by atoms with Gasteiger partial charge in [-0.2, -0.15) is 0 Å². The molecule has 0 spiro atoms. The maximum atomic E-state index is 10.8. The molecule has 0 amide bonds. The van der Waals surface area contributed by atoms with Crippen LogP contribution in [0.5, 0.6) is 0 Å². The van der Waals surface area contributed by atoms with Crippen LogP contribution in [-0.4, -0.2) is 5.78 Å². The zero-order valence-electron chi connectivity index (χ0n) is 4.61. The molecule has 0 unspecified atom stereocenters. The van der Waals surface area contributed by atoms with E-state index in [-0.39, 0.29) is 0 Å². The number of ketones is 1. The van der Waals surface area contributed by atoms with Gasteiger partial charge in [-0.25, -0.2) is 0 Å². The van der Waals surface area contributed by atoms with Crippen LogP contribution in [0.2, 0.25) is 0 Å². The third-order valence-corrected chi connectivity index (χ3v) is 1.86. The zero-order valence-corrected chi connectivity index (χ0v) is 4.61. The summed E-state index contributed by atoms with van der Waals surface area (Å²) in [6.45, 7) is 0. The molecule has 0 aromatic carbocycles. The Morgan fingerprint density at radius 2 is 2.25 bits per heavy atom. The minimum atomic E-state index is 0.391. The van der Waals surface area contributed by atoms with Gasteiger partial charge in [0.1, 0.15) is 5.78 Å². The molecule has 41 valence electrons. The molecule has 0 atom stereocenters. The number of hydrogen-bond acceptors (Lipinski definition) is 1. The van der Waals surface area contributed by atoms with Gasteiger partial charge >= 0.3 is 0 Å². The van der Waals surface area contributed by atoms with Crippen LogP contribution in [0.1, 0.15) is 19.3 Å². The van der Waals surface area contributed by atoms with Gasteiger partial charge in [-0.15, -0.1) is 0 Å². The first kappa shape index (κ1) is 4.30. The van der Waals surface area contributed by atoms with Gasteiger partial charge in [-0.1, -0.05) is 11.6 Å². The molecule has 2 rings (SSSR count). The molecule has 2 aliphatic carbocycles. The summed E-state index contributed by atoms with van der Waals surface area (Å²) >= 11 is 0. The molecule has 1 nitrogen and oxygen atoms in total. The highest BCUT2D eigenvalue weighted by Crippen LogP contribution is 2.38. The molecule has 1 heteroatoms. The largest absolute Gasteiger partial charge is 0.299 e. The van der Waals surface area contributed by atoms with E-state index in [1.807, 2.05) is 0 Å². The standard InChI is InChI=1S/C7H7O/c8-7-4-5-1-2-6(7)3-5/h1H,2-4H2. The van der Waals surface area contributed by atoms with Gasteiger partial charge in [0, 0.05) is 12.3 Å². The minimum absolute atomic E-state index is 0.391. The second kappa shape index (κ2) is 1.22. The van der Waals surface area contributed by atoms with Crippen molar-refractivity contribution in [1.82, 2.24) is 0 Å². The van der Waals surface area contributed by atoms with Crippen molar-refractivity contribution in [3.05, 3.63) is 17.6 Å². The SMILES string of the molecule is O=C1CC2=CC[C]1C2. The summed E-state index contributed by atoms with van der Waals surface area (Å²) in [6.07, 6.45) is 4.86. The second-order valence-corrected chi connectivity index (χ2v) is 2.45. The number of carbonyl (C=O) groups excluding carboxylic acids is 1. The molecular weight excluding hydrogens is 100 g/mol. The van der Waals surface area contributed by atoms with Crippen LogP contribution in [0.3, 0.4) is 0 Å². The Kier molecular flexibility index (Phi) is 0.655. The van der Waals surface area contributed by atoms with E-state index in [0.717, 1.165) is 25.2 Å². The molecule has 8 heavy (non-hydrogen) atoms. The average molecular weight is 107 g/mol. The summed E-state index contributed by atoms with van der Waals surface area (Å²) in [4.78, 5) is 10.8. The van der Waals surface area contributed by atoms with Gasteiger partial charge in [-0.3, -0.25) is 4.79 Å². The fourth-order valence-electron chi connectivity index (χ4n) is 1.36. The lowest BCUT2D eigenvalue weighted by molar-refractivity contribution is -0.116. The maximum absolute atomic E-state index is 10.8. The van der Waals surface area contributed by atoms with Crippen LogP contribution in [0.15, 0.2) is 11.6 Å². The van der Waals surface area contributed by atoms with E-state index in [1.54, 1.807) is 0 Å². The van der Waals surface area contributed by atoms with E-state index < -0.39 is 0 Å². The van der Waals surface area contributed by atoms with Crippen molar-refractivity contribution in [3.63, 3.8) is 0 Å². The van der Waals surface area contributed by atoms with Crippen LogP contribution in [0.25, 0.3) is 0 Å². The molecule has 0 N–H and O–H groups in total. The van der Waals surface area contributed by atoms with E-state index in [2.05, 4.69) is 6.08 Å². The molecule has 0 heterocycles. The van der Waals surface area contributed by atoms with E-state index in [9.17, 15) is 4.79 Å². The van der Waals surface area contributed by atoms with Crippen LogP contribution >= 0.6 is 0 Å². The lowest BCUT2D eigenvalue weighted by Crippen LogP contribution is -2.01. The smallest absolute Gasteiger partial charge is 0.144 e. The summed E-state index contributed by atoms with van der Waals surface area (Å²) in [5.41, 5.74) is 1.35. The van der Waals surface area contributed by atoms with Gasteiger partial charge in [0.15, 0.2) is 0 Å². The first-order chi connectivity index (χ1) is 3.86. The number of carbonyl (C=O) groups is 1. The Labute approximate surface area is 48.4 Å². The summed E-state index contributed by atoms with van der Waals surface area (Å²) in [6, 6.07) is 0. The summed E-state index contributed by atoms with van der Waals surface area (Å²) in [5.74, 6) is 1.53. The molecule has 1 radical (unpaired) electrons. The quantitative estimate of drug-likeness (QED) is 0.426. The normalized spacial score (nSPS) is 27.0. The van der Waals surface area contributed by atoms with Crippen molar-refractivity contribution in [2.75, 3.05) is 0 Å². The number of fused-ring (bicyclic) bond motifs is 2. The minimum Gasteiger partial charge on any atom is -0.299 e. The molecule has 0 aromatic rings. The van der Waals surface area contributed by atoms with E-state index in [1.165, 1.54) is 5.57 Å². The Morgan fingerprint density at radius 1 is 1.38 bits per heavy atom. The van der Waals surface area contributed by atoms with Crippen molar-refractivity contribution < 1.29 is 4.79 Å². The predicted molar refractivity (Wildman–Crippen MR) is 30.2 cm³/mol. The number of allylic oxidation sites excluding steroid dienone is 2. The van der Waals surface area contributed by atoms with Crippen molar-refractivity contribution >= 4 is 5.78 Å². The van der Waals surface area contributed by atoms with Crippen molar-refractivity contribution in [1.29, 1.82) is 0 Å². The first-order valence-electron chi connectivity index (χ1n) is 2.92. The highest BCUT2D eigenvalue weighted by molar-refractivity contribution is 5.99. The fraction of sp³-hybridized carbons (Fsp3) is 0.429. The Bertz CT molecular complexity index is 167. The molecular formula is C7H7O. The van der Waals surface area contributed by atoms with Crippen molar-refractivity contribution in [2.45, 2.75) is 19.3 Å². The second-order valence-electron chi connectivity index (χ2n) is 2.45. The first-order valence-corrected chi connectivity index (χ1v) is 2.92. The topological polar surface area (TPSA) is 17.1 Å². The van der Waals surface area contributed by atoms with Crippen LogP contribution in [0, 0.1) is 5.92 Å². The van der Waals surface area contributed by atoms with Crippen LogP contribution in [-0.2, 0) is 4.79 Å². The molecule has 0 saturated heterocycles.